The van der Waals surface area contributed by atoms with Gasteiger partial charge >= 0.3 is 0 Å². The number of halogens is 1. The van der Waals surface area contributed by atoms with E-state index < -0.39 is 0 Å². The van der Waals surface area contributed by atoms with E-state index in [1.54, 1.807) is 0 Å². The minimum atomic E-state index is -0.104. The summed E-state index contributed by atoms with van der Waals surface area (Å²) in [6, 6.07) is 7.43. The maximum absolute atomic E-state index is 11.9. The highest BCUT2D eigenvalue weighted by Gasteiger charge is 2.10. The number of hydrogen-bond donors (Lipinski definition) is 3. The van der Waals surface area contributed by atoms with Gasteiger partial charge in [-0.3, -0.25) is 4.79 Å². The molecule has 1 aromatic heterocycles. The molecule has 3 N–H and O–H groups in total. The van der Waals surface area contributed by atoms with Gasteiger partial charge in [-0.1, -0.05) is 27.7 Å². The van der Waals surface area contributed by atoms with E-state index >= 15 is 0 Å². The number of aromatic amines is 1. The van der Waals surface area contributed by atoms with Gasteiger partial charge in [0, 0.05) is 15.9 Å². The van der Waals surface area contributed by atoms with Crippen molar-refractivity contribution in [1.29, 1.82) is 0 Å². The van der Waals surface area contributed by atoms with Crippen LogP contribution < -0.4 is 10.7 Å². The van der Waals surface area contributed by atoms with Crippen LogP contribution in [0.3, 0.4) is 0 Å². The van der Waals surface area contributed by atoms with E-state index in [1.807, 2.05) is 24.3 Å². The van der Waals surface area contributed by atoms with Crippen molar-refractivity contribution < 1.29 is 4.79 Å². The molecule has 1 aliphatic rings. The Kier molecular flexibility index (Phi) is 5.86. The minimum Gasteiger partial charge on any atom is -0.325 e. The van der Waals surface area contributed by atoms with Crippen molar-refractivity contribution in [3.8, 4) is 0 Å². The van der Waals surface area contributed by atoms with E-state index in [-0.39, 0.29) is 11.7 Å². The number of amides is 1. The van der Waals surface area contributed by atoms with E-state index in [0.717, 1.165) is 28.7 Å². The molecule has 0 atom stereocenters. The van der Waals surface area contributed by atoms with Gasteiger partial charge in [-0.05, 0) is 49.9 Å². The molecule has 0 aliphatic heterocycles. The van der Waals surface area contributed by atoms with Gasteiger partial charge in [0.2, 0.25) is 17.0 Å². The largest absolute Gasteiger partial charge is 0.325 e. The van der Waals surface area contributed by atoms with Gasteiger partial charge in [0.15, 0.2) is 0 Å². The third-order valence-electron chi connectivity index (χ3n) is 3.43. The molecule has 0 bridgehead atoms. The molecule has 1 aromatic carbocycles. The number of nitrogens with zero attached hydrogens (tertiary/aromatic N) is 3. The lowest BCUT2D eigenvalue weighted by molar-refractivity contribution is -0.113. The lowest BCUT2D eigenvalue weighted by Gasteiger charge is -2.03. The van der Waals surface area contributed by atoms with Crippen LogP contribution >= 0.6 is 27.7 Å². The van der Waals surface area contributed by atoms with Gasteiger partial charge in [-0.15, -0.1) is 5.10 Å². The van der Waals surface area contributed by atoms with Gasteiger partial charge in [-0.2, -0.15) is 10.1 Å². The third-order valence-corrected chi connectivity index (χ3v) is 4.80. The normalized spacial score (nSPS) is 13.8. The van der Waals surface area contributed by atoms with Crippen molar-refractivity contribution in [2.45, 2.75) is 30.8 Å². The summed E-state index contributed by atoms with van der Waals surface area (Å²) < 4.78 is 0.969. The number of carbonyl (C=O) groups excluding carboxylic acids is 1. The smallest absolute Gasteiger partial charge is 0.240 e. The average molecular weight is 409 g/mol. The van der Waals surface area contributed by atoms with Crippen LogP contribution in [0.1, 0.15) is 25.7 Å². The molecule has 9 heteroatoms. The summed E-state index contributed by atoms with van der Waals surface area (Å²) in [5.74, 6) is 0.625. The zero-order valence-corrected chi connectivity index (χ0v) is 15.3. The fourth-order valence-electron chi connectivity index (χ4n) is 2.25. The van der Waals surface area contributed by atoms with Crippen LogP contribution in [0.15, 0.2) is 39.0 Å². The van der Waals surface area contributed by atoms with Crippen LogP contribution in [-0.2, 0) is 4.79 Å². The molecule has 1 saturated carbocycles. The van der Waals surface area contributed by atoms with E-state index in [0.29, 0.717) is 11.1 Å². The molecule has 1 heterocycles. The Balaban J connectivity index is 1.45. The molecule has 0 unspecified atom stereocenters. The lowest BCUT2D eigenvalue weighted by atomic mass is 10.3. The zero-order valence-electron chi connectivity index (χ0n) is 12.9. The fraction of sp³-hybridized carbons (Fsp3) is 0.333. The molecule has 1 fully saturated rings. The van der Waals surface area contributed by atoms with Gasteiger partial charge in [0.25, 0.3) is 0 Å². The number of aromatic nitrogens is 3. The van der Waals surface area contributed by atoms with Crippen molar-refractivity contribution >= 4 is 50.9 Å². The molecule has 1 amide bonds. The maximum atomic E-state index is 11.9. The van der Waals surface area contributed by atoms with Crippen molar-refractivity contribution in [3.63, 3.8) is 0 Å². The third kappa shape index (κ3) is 5.07. The number of benzene rings is 1. The van der Waals surface area contributed by atoms with E-state index in [9.17, 15) is 4.79 Å². The molecule has 2 aromatic rings. The zero-order chi connectivity index (χ0) is 16.8. The molecule has 7 nitrogen and oxygen atoms in total. The molecular formula is C15H17BrN6OS. The summed E-state index contributed by atoms with van der Waals surface area (Å²) in [7, 11) is 0. The number of anilines is 2. The standard InChI is InChI=1S/C15H17BrN6OS/c16-10-5-7-11(8-6-10)17-13(23)9-24-15-18-14(21-22-15)20-19-12-3-1-2-4-12/h5-8H,1-4,9H2,(H,17,23)(H2,18,20,21,22). The van der Waals surface area contributed by atoms with Gasteiger partial charge in [0.1, 0.15) is 0 Å². The predicted octanol–water partition coefficient (Wildman–Crippen LogP) is 3.64. The first-order valence-electron chi connectivity index (χ1n) is 7.61. The summed E-state index contributed by atoms with van der Waals surface area (Å²) in [4.78, 5) is 16.2. The molecule has 0 spiro atoms. The lowest BCUT2D eigenvalue weighted by Crippen LogP contribution is -2.13. The Morgan fingerprint density at radius 3 is 2.79 bits per heavy atom. The minimum absolute atomic E-state index is 0.104. The quantitative estimate of drug-likeness (QED) is 0.500. The number of hydrazone groups is 1. The molecule has 1 aliphatic carbocycles. The Bertz CT molecular complexity index is 722. The first kappa shape index (κ1) is 17.0. The van der Waals surface area contributed by atoms with Gasteiger partial charge in [0.05, 0.1) is 5.75 Å². The molecule has 0 radical (unpaired) electrons. The van der Waals surface area contributed by atoms with E-state index in [1.165, 1.54) is 24.6 Å². The van der Waals surface area contributed by atoms with Crippen LogP contribution in [0, 0.1) is 0 Å². The summed E-state index contributed by atoms with van der Waals surface area (Å²) >= 11 is 4.62. The second kappa shape index (κ2) is 8.29. The number of thioether (sulfide) groups is 1. The first-order chi connectivity index (χ1) is 11.7. The summed E-state index contributed by atoms with van der Waals surface area (Å²) in [6.07, 6.45) is 4.48. The van der Waals surface area contributed by atoms with E-state index in [4.69, 9.17) is 0 Å². The number of carbonyl (C=O) groups is 1. The topological polar surface area (TPSA) is 95.1 Å². The van der Waals surface area contributed by atoms with Crippen molar-refractivity contribution in [1.82, 2.24) is 15.2 Å². The summed E-state index contributed by atoms with van der Waals surface area (Å²) in [5, 5.41) is 14.5. The highest BCUT2D eigenvalue weighted by Crippen LogP contribution is 2.18. The van der Waals surface area contributed by atoms with Crippen molar-refractivity contribution in [2.75, 3.05) is 16.5 Å². The molecule has 126 valence electrons. The second-order valence-electron chi connectivity index (χ2n) is 5.31. The van der Waals surface area contributed by atoms with Crippen molar-refractivity contribution in [2.24, 2.45) is 5.10 Å². The Morgan fingerprint density at radius 1 is 1.29 bits per heavy atom. The van der Waals surface area contributed by atoms with Gasteiger partial charge in [-0.25, -0.2) is 10.5 Å². The first-order valence-corrected chi connectivity index (χ1v) is 9.39. The highest BCUT2D eigenvalue weighted by molar-refractivity contribution is 9.10. The maximum Gasteiger partial charge on any atom is 0.240 e. The second-order valence-corrected chi connectivity index (χ2v) is 7.17. The molecule has 0 saturated heterocycles. The van der Waals surface area contributed by atoms with Crippen LogP contribution in [0.4, 0.5) is 11.6 Å². The Hall–Kier alpha value is -1.87. The number of nitrogens with one attached hydrogen (secondary N) is 3. The van der Waals surface area contributed by atoms with Crippen LogP contribution in [0.5, 0.6) is 0 Å². The highest BCUT2D eigenvalue weighted by atomic mass is 79.9. The SMILES string of the molecule is O=C(CSc1n[nH]c(NN=C2CCCC2)n1)Nc1ccc(Br)cc1. The Labute approximate surface area is 152 Å². The van der Waals surface area contributed by atoms with Crippen molar-refractivity contribution in [3.05, 3.63) is 28.7 Å². The van der Waals surface area contributed by atoms with E-state index in [2.05, 4.69) is 47.0 Å². The molecular weight excluding hydrogens is 392 g/mol. The average Bonchev–Trinajstić information content (AvgIpc) is 3.25. The number of hydrogen-bond acceptors (Lipinski definition) is 6. The molecule has 24 heavy (non-hydrogen) atoms. The summed E-state index contributed by atoms with van der Waals surface area (Å²) in [6.45, 7) is 0. The summed E-state index contributed by atoms with van der Waals surface area (Å²) in [5.41, 5.74) is 4.80. The Morgan fingerprint density at radius 2 is 2.04 bits per heavy atom. The van der Waals surface area contributed by atoms with Gasteiger partial charge < -0.3 is 5.32 Å². The number of rotatable bonds is 6. The monoisotopic (exact) mass is 408 g/mol. The number of H-pyrrole nitrogens is 1. The van der Waals surface area contributed by atoms with Crippen LogP contribution in [0.2, 0.25) is 0 Å². The fourth-order valence-corrected chi connectivity index (χ4v) is 3.11. The van der Waals surface area contributed by atoms with Crippen LogP contribution in [-0.4, -0.2) is 32.6 Å². The van der Waals surface area contributed by atoms with Crippen LogP contribution in [0.25, 0.3) is 0 Å². The molecule has 3 rings (SSSR count). The predicted molar refractivity (Wildman–Crippen MR) is 99.4 cm³/mol.